The van der Waals surface area contributed by atoms with E-state index in [2.05, 4.69) is 0 Å². The van der Waals surface area contributed by atoms with Crippen LogP contribution in [-0.2, 0) is 16.1 Å². The van der Waals surface area contributed by atoms with E-state index in [1.807, 2.05) is 0 Å². The molecular weight excluding hydrogens is 646 g/mol. The van der Waals surface area contributed by atoms with Crippen LogP contribution in [0.15, 0.2) is 58.6 Å². The molecule has 0 radical (unpaired) electrons. The molecule has 198 valence electrons. The van der Waals surface area contributed by atoms with E-state index < -0.39 is 48.6 Å². The van der Waals surface area contributed by atoms with Crippen molar-refractivity contribution in [2.45, 2.75) is 20.6 Å². The van der Waals surface area contributed by atoms with Crippen LogP contribution in [0.25, 0.3) is 0 Å². The molecule has 3 amide bonds. The van der Waals surface area contributed by atoms with E-state index >= 15 is 0 Å². The van der Waals surface area contributed by atoms with Gasteiger partial charge in [-0.15, -0.1) is 23.2 Å². The van der Waals surface area contributed by atoms with Crippen LogP contribution < -0.4 is 0 Å². The smallest absolute Gasteiger partial charge is 0.272 e. The Hall–Kier alpha value is -1.78. The fourth-order valence-electron chi connectivity index (χ4n) is 5.09. The molecule has 1 heterocycles. The molecule has 2 aromatic carbocycles. The van der Waals surface area contributed by atoms with Crippen LogP contribution in [0.4, 0.5) is 5.69 Å². The topological polar surface area (TPSA) is 101 Å². The average molecular weight is 659 g/mol. The number of nitrogens with zero attached hydrogens (tertiary/aromatic N) is 3. The molecule has 2 fully saturated rings. The highest BCUT2D eigenvalue weighted by atomic mass is 35.5. The molecule has 0 aromatic heterocycles. The predicted octanol–water partition coefficient (Wildman–Crippen LogP) is 6.25. The molecule has 2 aromatic rings. The lowest BCUT2D eigenvalue weighted by Gasteiger charge is -2.37. The van der Waals surface area contributed by atoms with Crippen molar-refractivity contribution in [3.63, 3.8) is 0 Å². The molecule has 4 atom stereocenters. The number of allylic oxidation sites excluding steroid dienone is 2. The van der Waals surface area contributed by atoms with Crippen molar-refractivity contribution in [2.24, 2.45) is 11.8 Å². The number of rotatable bonds is 5. The first-order valence-corrected chi connectivity index (χ1v) is 13.3. The maximum Gasteiger partial charge on any atom is 0.273 e. The third kappa shape index (κ3) is 3.48. The molecular formula is C23H12Cl7N3O5. The third-order valence-electron chi connectivity index (χ3n) is 6.93. The summed E-state index contributed by atoms with van der Waals surface area (Å²) >= 11 is 45.3. The zero-order valence-electron chi connectivity index (χ0n) is 18.5. The van der Waals surface area contributed by atoms with Crippen LogP contribution >= 0.6 is 81.2 Å². The second-order valence-electron chi connectivity index (χ2n) is 8.86. The lowest BCUT2D eigenvalue weighted by Crippen LogP contribution is -2.55. The second kappa shape index (κ2) is 9.13. The molecule has 1 saturated heterocycles. The molecule has 2 aliphatic carbocycles. The number of fused-ring (bicyclic) bond motifs is 5. The van der Waals surface area contributed by atoms with E-state index in [-0.39, 0.29) is 27.9 Å². The minimum absolute atomic E-state index is 0.0938. The summed E-state index contributed by atoms with van der Waals surface area (Å²) in [6.07, 6.45) is 0. The van der Waals surface area contributed by atoms with E-state index in [4.69, 9.17) is 81.2 Å². The number of imide groups is 1. The first kappa shape index (κ1) is 27.8. The number of non-ortho nitro benzene ring substituents is 1. The van der Waals surface area contributed by atoms with E-state index in [0.29, 0.717) is 15.6 Å². The summed E-state index contributed by atoms with van der Waals surface area (Å²) in [6, 6.07) is 11.0. The molecule has 2 bridgehead atoms. The van der Waals surface area contributed by atoms with Gasteiger partial charge >= 0.3 is 0 Å². The first-order chi connectivity index (χ1) is 17.7. The number of benzene rings is 2. The SMILES string of the molecule is O=C(c1ccc(Cl)cc1)N(Cc1ccc([N+](=O)[O-])cc1)N1C(=O)[C@@H]2[C@H](C1=O)[C@@]1(Cl)C(Cl)=C(Cl)[C@@]2(Cl)C1(Cl)Cl. The zero-order valence-corrected chi connectivity index (χ0v) is 23.8. The van der Waals surface area contributed by atoms with Crippen molar-refractivity contribution in [3.8, 4) is 0 Å². The van der Waals surface area contributed by atoms with Gasteiger partial charge in [-0.3, -0.25) is 24.5 Å². The van der Waals surface area contributed by atoms with Gasteiger partial charge in [0.15, 0.2) is 4.33 Å². The molecule has 8 nitrogen and oxygen atoms in total. The fourth-order valence-corrected chi connectivity index (χ4v) is 8.14. The highest BCUT2D eigenvalue weighted by Crippen LogP contribution is 2.77. The van der Waals surface area contributed by atoms with Crippen molar-refractivity contribution >= 4 is 105 Å². The Balaban J connectivity index is 1.60. The Labute approximate surface area is 250 Å². The van der Waals surface area contributed by atoms with Crippen LogP contribution in [0.1, 0.15) is 15.9 Å². The number of hydrogen-bond acceptors (Lipinski definition) is 5. The van der Waals surface area contributed by atoms with Crippen LogP contribution in [0.2, 0.25) is 5.02 Å². The number of alkyl halides is 4. The lowest BCUT2D eigenvalue weighted by molar-refractivity contribution is -0.384. The standard InChI is InChI=1S/C23H12Cl7N3O5/c24-12-5-3-11(4-6-12)18(34)31(9-10-1-7-13(8-2-10)33(37)38)32-19(35)14-15(20(32)36)22(28)17(26)16(25)21(14,27)23(22,29)30/h1-8,14-15H,9H2/t14-,15+,21-,22-/m1/s1. The number of carbonyl (C=O) groups excluding carboxylic acids is 3. The van der Waals surface area contributed by atoms with Gasteiger partial charge in [-0.2, -0.15) is 5.01 Å². The van der Waals surface area contributed by atoms with Crippen LogP contribution in [0.3, 0.4) is 0 Å². The summed E-state index contributed by atoms with van der Waals surface area (Å²) in [4.78, 5) is 47.8. The van der Waals surface area contributed by atoms with Gasteiger partial charge in [-0.1, -0.05) is 70.1 Å². The molecule has 1 saturated carbocycles. The van der Waals surface area contributed by atoms with Gasteiger partial charge in [-0.05, 0) is 29.8 Å². The molecule has 5 rings (SSSR count). The van der Waals surface area contributed by atoms with Crippen molar-refractivity contribution < 1.29 is 19.3 Å². The summed E-state index contributed by atoms with van der Waals surface area (Å²) in [6.45, 7) is -0.331. The highest BCUT2D eigenvalue weighted by molar-refractivity contribution is 6.66. The molecule has 0 spiro atoms. The van der Waals surface area contributed by atoms with Crippen LogP contribution in [-0.4, -0.2) is 46.7 Å². The molecule has 0 unspecified atom stereocenters. The maximum atomic E-state index is 13.9. The monoisotopic (exact) mass is 655 g/mol. The van der Waals surface area contributed by atoms with E-state index in [1.54, 1.807) is 0 Å². The second-order valence-corrected chi connectivity index (χ2v) is 12.6. The van der Waals surface area contributed by atoms with Gasteiger partial charge in [0.05, 0.1) is 33.4 Å². The number of hydrogen-bond donors (Lipinski definition) is 0. The quantitative estimate of drug-likeness (QED) is 0.164. The zero-order chi connectivity index (χ0) is 27.9. The van der Waals surface area contributed by atoms with E-state index in [9.17, 15) is 24.5 Å². The Morgan fingerprint density at radius 1 is 0.868 bits per heavy atom. The molecule has 38 heavy (non-hydrogen) atoms. The number of carbonyl (C=O) groups is 3. The van der Waals surface area contributed by atoms with Crippen molar-refractivity contribution in [1.82, 2.24) is 10.0 Å². The largest absolute Gasteiger partial charge is 0.273 e. The van der Waals surface area contributed by atoms with Gasteiger partial charge in [0.2, 0.25) is 0 Å². The summed E-state index contributed by atoms with van der Waals surface area (Å²) in [7, 11) is 0. The average Bonchev–Trinajstić information content (AvgIpc) is 3.26. The van der Waals surface area contributed by atoms with Crippen LogP contribution in [0, 0.1) is 22.0 Å². The number of hydrazine groups is 1. The molecule has 15 heteroatoms. The third-order valence-corrected chi connectivity index (χ3v) is 11.4. The van der Waals surface area contributed by atoms with Gasteiger partial charge < -0.3 is 0 Å². The Morgan fingerprint density at radius 2 is 1.34 bits per heavy atom. The Bertz CT molecular complexity index is 1400. The molecule has 1 aliphatic heterocycles. The maximum absolute atomic E-state index is 13.9. The number of amides is 3. The molecule has 3 aliphatic rings. The van der Waals surface area contributed by atoms with Gasteiger partial charge in [0.25, 0.3) is 23.4 Å². The molecule has 0 N–H and O–H groups in total. The van der Waals surface area contributed by atoms with Crippen molar-refractivity contribution in [1.29, 1.82) is 0 Å². The number of nitro groups is 1. The van der Waals surface area contributed by atoms with Gasteiger partial charge in [0.1, 0.15) is 9.75 Å². The summed E-state index contributed by atoms with van der Waals surface area (Å²) in [5.74, 6) is -5.49. The lowest BCUT2D eigenvalue weighted by atomic mass is 9.84. The van der Waals surface area contributed by atoms with Crippen LogP contribution in [0.5, 0.6) is 0 Å². The first-order valence-electron chi connectivity index (χ1n) is 10.7. The summed E-state index contributed by atoms with van der Waals surface area (Å²) in [5.41, 5.74) is 0.280. The normalized spacial score (nSPS) is 29.2. The Morgan fingerprint density at radius 3 is 1.79 bits per heavy atom. The minimum Gasteiger partial charge on any atom is -0.272 e. The van der Waals surface area contributed by atoms with E-state index in [0.717, 1.165) is 5.01 Å². The Kier molecular flexibility index (Phi) is 6.67. The van der Waals surface area contributed by atoms with Crippen molar-refractivity contribution in [2.75, 3.05) is 0 Å². The van der Waals surface area contributed by atoms with E-state index in [1.165, 1.54) is 48.5 Å². The summed E-state index contributed by atoms with van der Waals surface area (Å²) < 4.78 is -2.13. The van der Waals surface area contributed by atoms with Gasteiger partial charge in [0, 0.05) is 22.7 Å². The summed E-state index contributed by atoms with van der Waals surface area (Å²) in [5, 5.41) is 12.4. The minimum atomic E-state index is -2.13. The van der Waals surface area contributed by atoms with Crippen molar-refractivity contribution in [3.05, 3.63) is 84.9 Å². The number of nitro benzene ring substituents is 1. The fraction of sp³-hybridized carbons (Fsp3) is 0.261. The predicted molar refractivity (Wildman–Crippen MR) is 144 cm³/mol. The van der Waals surface area contributed by atoms with Gasteiger partial charge in [-0.25, -0.2) is 5.01 Å². The highest BCUT2D eigenvalue weighted by Gasteiger charge is 2.88. The number of halogens is 7.